The maximum absolute atomic E-state index is 14.5. The average molecular weight is 515 g/mol. The Morgan fingerprint density at radius 2 is 1.76 bits per heavy atom. The van der Waals surface area contributed by atoms with Gasteiger partial charge in [0.15, 0.2) is 0 Å². The maximum atomic E-state index is 14.5. The summed E-state index contributed by atoms with van der Waals surface area (Å²) in [4.78, 5) is 23.1. The molecule has 0 radical (unpaired) electrons. The van der Waals surface area contributed by atoms with E-state index >= 15 is 0 Å². The number of nitrogens with zero attached hydrogens (tertiary/aromatic N) is 2. The SMILES string of the molecule is CCCCCC(c1ccc(C)cc1)N1C(=O)C(c2cc3ccccc3s2)=NC12CCC(C(C)(C)C)CC2. The second-order valence-corrected chi connectivity index (χ2v) is 13.4. The molecule has 1 aromatic heterocycles. The van der Waals surface area contributed by atoms with Crippen molar-refractivity contribution in [1.29, 1.82) is 0 Å². The molecule has 1 unspecified atom stereocenters. The Morgan fingerprint density at radius 1 is 1.05 bits per heavy atom. The van der Waals surface area contributed by atoms with E-state index in [1.54, 1.807) is 11.3 Å². The molecule has 0 saturated heterocycles. The van der Waals surface area contributed by atoms with Crippen molar-refractivity contribution >= 4 is 33.0 Å². The van der Waals surface area contributed by atoms with E-state index in [-0.39, 0.29) is 17.4 Å². The van der Waals surface area contributed by atoms with E-state index in [9.17, 15) is 4.79 Å². The van der Waals surface area contributed by atoms with Gasteiger partial charge in [-0.25, -0.2) is 4.99 Å². The Morgan fingerprint density at radius 3 is 2.41 bits per heavy atom. The molecule has 4 heteroatoms. The fourth-order valence-corrected chi connectivity index (χ4v) is 7.47. The quantitative estimate of drug-likeness (QED) is 0.289. The summed E-state index contributed by atoms with van der Waals surface area (Å²) in [6.07, 6.45) is 8.61. The number of hydrogen-bond acceptors (Lipinski definition) is 3. The van der Waals surface area contributed by atoms with E-state index in [4.69, 9.17) is 4.99 Å². The van der Waals surface area contributed by atoms with Crippen LogP contribution in [0, 0.1) is 18.3 Å². The first-order chi connectivity index (χ1) is 17.7. The Kier molecular flexibility index (Phi) is 7.33. The number of carbonyl (C=O) groups is 1. The van der Waals surface area contributed by atoms with Crippen LogP contribution in [0.3, 0.4) is 0 Å². The Bertz CT molecular complexity index is 1240. The molecule has 37 heavy (non-hydrogen) atoms. The number of thiophene rings is 1. The van der Waals surface area contributed by atoms with Gasteiger partial charge in [-0.3, -0.25) is 4.79 Å². The van der Waals surface area contributed by atoms with Crippen molar-refractivity contribution in [2.24, 2.45) is 16.3 Å². The molecule has 1 spiro atoms. The molecule has 1 fully saturated rings. The predicted molar refractivity (Wildman–Crippen MR) is 157 cm³/mol. The van der Waals surface area contributed by atoms with E-state index < -0.39 is 5.66 Å². The van der Waals surface area contributed by atoms with Crippen LogP contribution in [0.15, 0.2) is 59.6 Å². The molecule has 1 amide bonds. The zero-order valence-electron chi connectivity index (χ0n) is 23.2. The number of fused-ring (bicyclic) bond motifs is 1. The normalized spacial score (nSPS) is 23.2. The summed E-state index contributed by atoms with van der Waals surface area (Å²) in [6.45, 7) is 11.5. The lowest BCUT2D eigenvalue weighted by Crippen LogP contribution is -2.51. The summed E-state index contributed by atoms with van der Waals surface area (Å²) in [5.41, 5.74) is 3.03. The monoisotopic (exact) mass is 514 g/mol. The van der Waals surface area contributed by atoms with Crippen molar-refractivity contribution < 1.29 is 4.79 Å². The van der Waals surface area contributed by atoms with Crippen LogP contribution in [0.25, 0.3) is 10.1 Å². The van der Waals surface area contributed by atoms with Gasteiger partial charge in [0.1, 0.15) is 11.4 Å². The fraction of sp³-hybridized carbons (Fsp3) is 0.515. The molecular formula is C33H42N2OS. The van der Waals surface area contributed by atoms with E-state index in [1.807, 2.05) is 0 Å². The summed E-state index contributed by atoms with van der Waals surface area (Å²) >= 11 is 1.71. The second kappa shape index (κ2) is 10.4. The van der Waals surface area contributed by atoms with Crippen LogP contribution in [-0.2, 0) is 4.79 Å². The lowest BCUT2D eigenvalue weighted by molar-refractivity contribution is -0.133. The van der Waals surface area contributed by atoms with Gasteiger partial charge in [0.25, 0.3) is 5.91 Å². The van der Waals surface area contributed by atoms with Crippen molar-refractivity contribution in [3.8, 4) is 0 Å². The number of unbranched alkanes of at least 4 members (excludes halogenated alkanes) is 2. The van der Waals surface area contributed by atoms with Gasteiger partial charge in [-0.2, -0.15) is 0 Å². The molecule has 0 bridgehead atoms. The molecule has 2 aliphatic rings. The summed E-state index contributed by atoms with van der Waals surface area (Å²) in [7, 11) is 0. The smallest absolute Gasteiger partial charge is 0.276 e. The van der Waals surface area contributed by atoms with Gasteiger partial charge in [-0.15, -0.1) is 11.3 Å². The number of carbonyl (C=O) groups excluding carboxylic acids is 1. The lowest BCUT2D eigenvalue weighted by Gasteiger charge is -2.47. The van der Waals surface area contributed by atoms with Gasteiger partial charge in [0, 0.05) is 4.70 Å². The van der Waals surface area contributed by atoms with E-state index in [2.05, 4.69) is 94.1 Å². The van der Waals surface area contributed by atoms with Crippen LogP contribution >= 0.6 is 11.3 Å². The van der Waals surface area contributed by atoms with Crippen LogP contribution in [0.1, 0.15) is 101 Å². The van der Waals surface area contributed by atoms with E-state index in [0.717, 1.165) is 43.4 Å². The first kappa shape index (κ1) is 26.2. The molecule has 2 heterocycles. The molecule has 196 valence electrons. The Balaban J connectivity index is 1.57. The van der Waals surface area contributed by atoms with Crippen LogP contribution < -0.4 is 0 Å². The maximum Gasteiger partial charge on any atom is 0.276 e. The Labute approximate surface area is 227 Å². The van der Waals surface area contributed by atoms with Gasteiger partial charge in [0.2, 0.25) is 0 Å². The van der Waals surface area contributed by atoms with Gasteiger partial charge in [0.05, 0.1) is 10.9 Å². The molecule has 2 aromatic carbocycles. The van der Waals surface area contributed by atoms with Crippen molar-refractivity contribution in [2.45, 2.75) is 97.7 Å². The van der Waals surface area contributed by atoms with Crippen molar-refractivity contribution in [2.75, 3.05) is 0 Å². The highest BCUT2D eigenvalue weighted by Gasteiger charge is 2.52. The number of aliphatic imine (C=N–C) groups is 1. The number of hydrogen-bond donors (Lipinski definition) is 0. The minimum absolute atomic E-state index is 0.0569. The first-order valence-electron chi connectivity index (χ1n) is 14.2. The van der Waals surface area contributed by atoms with Gasteiger partial charge in [-0.05, 0) is 73.4 Å². The zero-order valence-corrected chi connectivity index (χ0v) is 24.0. The highest BCUT2D eigenvalue weighted by molar-refractivity contribution is 7.21. The van der Waals surface area contributed by atoms with E-state index in [0.29, 0.717) is 11.6 Å². The molecule has 3 nitrogen and oxygen atoms in total. The molecule has 1 atom stereocenters. The third-order valence-corrected chi connectivity index (χ3v) is 9.84. The molecule has 3 aromatic rings. The minimum atomic E-state index is -0.438. The summed E-state index contributed by atoms with van der Waals surface area (Å²) in [6, 6.07) is 19.5. The van der Waals surface area contributed by atoms with Crippen LogP contribution in [-0.4, -0.2) is 22.2 Å². The fourth-order valence-electron chi connectivity index (χ4n) is 6.42. The van der Waals surface area contributed by atoms with Gasteiger partial charge in [-0.1, -0.05) is 95.0 Å². The lowest BCUT2D eigenvalue weighted by atomic mass is 9.69. The number of amides is 1. The summed E-state index contributed by atoms with van der Waals surface area (Å²) in [5.74, 6) is 0.791. The highest BCUT2D eigenvalue weighted by Crippen LogP contribution is 2.50. The molecule has 5 rings (SSSR count). The molecule has 1 aliphatic carbocycles. The third-order valence-electron chi connectivity index (χ3n) is 8.71. The van der Waals surface area contributed by atoms with Gasteiger partial charge >= 0.3 is 0 Å². The number of benzene rings is 2. The van der Waals surface area contributed by atoms with Gasteiger partial charge < -0.3 is 4.90 Å². The Hall–Kier alpha value is -2.46. The van der Waals surface area contributed by atoms with Crippen LogP contribution in [0.2, 0.25) is 0 Å². The van der Waals surface area contributed by atoms with Crippen molar-refractivity contribution in [1.82, 2.24) is 4.90 Å². The molecule has 0 N–H and O–H groups in total. The standard InChI is InChI=1S/C33H42N2OS/c1-6-7-8-12-27(24-16-14-23(2)15-17-24)35-31(36)30(29-22-25-11-9-10-13-28(25)37-29)34-33(35)20-18-26(19-21-33)32(3,4)5/h9-11,13-17,22,26-27H,6-8,12,18-21H2,1-5H3. The summed E-state index contributed by atoms with van der Waals surface area (Å²) < 4.78 is 1.22. The second-order valence-electron chi connectivity index (χ2n) is 12.3. The highest BCUT2D eigenvalue weighted by atomic mass is 32.1. The zero-order chi connectivity index (χ0) is 26.2. The number of rotatable bonds is 7. The third kappa shape index (κ3) is 5.14. The predicted octanol–water partition coefficient (Wildman–Crippen LogP) is 9.10. The average Bonchev–Trinajstić information content (AvgIpc) is 3.42. The summed E-state index contributed by atoms with van der Waals surface area (Å²) in [5, 5.41) is 1.19. The number of aryl methyl sites for hydroxylation is 1. The molecule has 1 saturated carbocycles. The van der Waals surface area contributed by atoms with E-state index in [1.165, 1.54) is 34.1 Å². The van der Waals surface area contributed by atoms with Crippen molar-refractivity contribution in [3.05, 3.63) is 70.6 Å². The minimum Gasteiger partial charge on any atom is -0.305 e. The topological polar surface area (TPSA) is 32.7 Å². The first-order valence-corrected chi connectivity index (χ1v) is 15.0. The largest absolute Gasteiger partial charge is 0.305 e. The van der Waals surface area contributed by atoms with Crippen LogP contribution in [0.4, 0.5) is 0 Å². The van der Waals surface area contributed by atoms with Crippen molar-refractivity contribution in [3.63, 3.8) is 0 Å². The molecular weight excluding hydrogens is 472 g/mol. The van der Waals surface area contributed by atoms with Crippen LogP contribution in [0.5, 0.6) is 0 Å². The molecule has 1 aliphatic heterocycles.